The summed E-state index contributed by atoms with van der Waals surface area (Å²) in [5.41, 5.74) is 2.16. The maximum absolute atomic E-state index is 14.3. The molecule has 26 atom stereocenters. The molecule has 0 aromatic rings. The molecule has 0 amide bonds. The first kappa shape index (κ1) is 51.7. The number of aliphatic hydroxyl groups is 2. The van der Waals surface area contributed by atoms with Crippen LogP contribution in [0.4, 0.5) is 0 Å². The van der Waals surface area contributed by atoms with Crippen LogP contribution in [0.5, 0.6) is 0 Å². The highest BCUT2D eigenvalue weighted by atomic mass is 16.8. The normalized spacial score (nSPS) is 53.5. The van der Waals surface area contributed by atoms with Gasteiger partial charge in [0.1, 0.15) is 24.4 Å². The lowest BCUT2D eigenvalue weighted by atomic mass is 9.81. The Morgan fingerprint density at radius 3 is 2.28 bits per heavy atom. The monoisotopic (exact) mass is 1040 g/mol. The largest absolute Gasteiger partial charge is 0.459 e. The minimum absolute atomic E-state index is 0.0932. The molecule has 18 heteroatoms. The third-order valence-electron chi connectivity index (χ3n) is 19.6. The first-order valence-electron chi connectivity index (χ1n) is 28.7. The standard InChI is InChI=1S/C56H82O18/c1-6-31-8-7-29(3)37(62-31)18-38-41(67-50(59)16-33-9-10-36-52(63-33)45-21-43(64-36)53-48(60-5)25-55(72-45,74-53)13-11-32-15-28(2)27-61-32)19-39-40(65-38)20-42-46(66-39)23-56(70-42)24-47-35(69-56)12-14-54(73-47)22-30(4)51-44(71-54)17-34(58)49(26-57)68-51/h30-49,51-53,57-58H,2-3,6-27H2,1,4-5H3/t30-,31?,32?,33?,34+,35?,36?,37?,38?,39?,40-,41?,42+,43+,44?,45?,46?,47?,48+,49?,51?,52-,53?,54-,55+,56?/m0/s1. The van der Waals surface area contributed by atoms with Crippen molar-refractivity contribution in [1.29, 1.82) is 0 Å². The summed E-state index contributed by atoms with van der Waals surface area (Å²) in [6.45, 7) is 13.2. The fourth-order valence-corrected chi connectivity index (χ4v) is 15.9. The second-order valence-electron chi connectivity index (χ2n) is 24.7. The van der Waals surface area contributed by atoms with Gasteiger partial charge in [-0.1, -0.05) is 27.0 Å². The van der Waals surface area contributed by atoms with Crippen molar-refractivity contribution < 1.29 is 86.1 Å². The molecule has 0 aromatic heterocycles. The van der Waals surface area contributed by atoms with Crippen molar-refractivity contribution in [1.82, 2.24) is 0 Å². The van der Waals surface area contributed by atoms with E-state index < -0.39 is 41.8 Å². The molecule has 2 spiro atoms. The molecule has 13 rings (SSSR count). The molecule has 13 saturated heterocycles. The van der Waals surface area contributed by atoms with Gasteiger partial charge in [0.25, 0.3) is 0 Å². The zero-order chi connectivity index (χ0) is 50.7. The van der Waals surface area contributed by atoms with Crippen LogP contribution in [0.3, 0.4) is 0 Å². The van der Waals surface area contributed by atoms with Crippen molar-refractivity contribution in [3.05, 3.63) is 24.3 Å². The van der Waals surface area contributed by atoms with Gasteiger partial charge in [-0.25, -0.2) is 0 Å². The number of hydrogen-bond donors (Lipinski definition) is 2. The highest BCUT2D eigenvalue weighted by Gasteiger charge is 2.64. The molecule has 18 nitrogen and oxygen atoms in total. The smallest absolute Gasteiger partial charge is 0.308 e. The molecule has 13 fully saturated rings. The number of rotatable bonds is 11. The maximum Gasteiger partial charge on any atom is 0.308 e. The number of methoxy groups -OCH3 is 1. The molecule has 4 bridgehead atoms. The van der Waals surface area contributed by atoms with Crippen LogP contribution in [0.15, 0.2) is 24.3 Å². The van der Waals surface area contributed by atoms with Gasteiger partial charge in [0.2, 0.25) is 0 Å². The van der Waals surface area contributed by atoms with Crippen LogP contribution < -0.4 is 0 Å². The molecule has 0 saturated carbocycles. The Hall–Kier alpha value is -1.69. The van der Waals surface area contributed by atoms with E-state index in [1.807, 2.05) is 0 Å². The summed E-state index contributed by atoms with van der Waals surface area (Å²) in [5.74, 6) is -2.73. The van der Waals surface area contributed by atoms with Crippen molar-refractivity contribution in [2.45, 2.75) is 294 Å². The Labute approximate surface area is 435 Å². The van der Waals surface area contributed by atoms with E-state index in [1.165, 1.54) is 0 Å². The van der Waals surface area contributed by atoms with E-state index in [0.29, 0.717) is 83.7 Å². The Morgan fingerprint density at radius 2 is 1.46 bits per heavy atom. The minimum Gasteiger partial charge on any atom is -0.459 e. The van der Waals surface area contributed by atoms with E-state index in [-0.39, 0.29) is 135 Å². The van der Waals surface area contributed by atoms with Crippen LogP contribution in [-0.2, 0) is 75.8 Å². The predicted molar refractivity (Wildman–Crippen MR) is 258 cm³/mol. The summed E-state index contributed by atoms with van der Waals surface area (Å²) >= 11 is 0. The number of carbonyl (C=O) groups excluding carboxylic acids is 1. The molecular formula is C56H82O18. The maximum atomic E-state index is 14.3. The predicted octanol–water partition coefficient (Wildman–Crippen LogP) is 5.32. The molecule has 0 radical (unpaired) electrons. The topological polar surface area (TPSA) is 196 Å². The van der Waals surface area contributed by atoms with Crippen LogP contribution >= 0.6 is 0 Å². The van der Waals surface area contributed by atoms with E-state index in [2.05, 4.69) is 27.0 Å². The number of hydrogen-bond acceptors (Lipinski definition) is 18. The van der Waals surface area contributed by atoms with Crippen LogP contribution in [0, 0.1) is 5.92 Å². The molecule has 2 N–H and O–H groups in total. The summed E-state index contributed by atoms with van der Waals surface area (Å²) in [7, 11) is 1.73. The van der Waals surface area contributed by atoms with Gasteiger partial charge in [-0.3, -0.25) is 4.79 Å². The fraction of sp³-hybridized carbons (Fsp3) is 0.911. The molecule has 0 aromatic carbocycles. The average molecular weight is 1040 g/mol. The van der Waals surface area contributed by atoms with Crippen molar-refractivity contribution in [3.63, 3.8) is 0 Å². The first-order valence-corrected chi connectivity index (χ1v) is 28.7. The third-order valence-corrected chi connectivity index (χ3v) is 19.6. The molecule has 17 unspecified atom stereocenters. The molecule has 13 aliphatic rings. The number of fused-ring (bicyclic) bond motifs is 11. The van der Waals surface area contributed by atoms with Crippen LogP contribution in [-0.4, -0.2) is 188 Å². The zero-order valence-electron chi connectivity index (χ0n) is 43.7. The van der Waals surface area contributed by atoms with Crippen LogP contribution in [0.25, 0.3) is 0 Å². The van der Waals surface area contributed by atoms with Gasteiger partial charge in [0.05, 0.1) is 130 Å². The van der Waals surface area contributed by atoms with Gasteiger partial charge < -0.3 is 81.3 Å². The van der Waals surface area contributed by atoms with Crippen molar-refractivity contribution in [2.75, 3.05) is 20.3 Å². The second-order valence-corrected chi connectivity index (χ2v) is 24.7. The van der Waals surface area contributed by atoms with Gasteiger partial charge in [0.15, 0.2) is 17.4 Å². The highest BCUT2D eigenvalue weighted by Crippen LogP contribution is 2.55. The lowest BCUT2D eigenvalue weighted by Crippen LogP contribution is -2.61. The van der Waals surface area contributed by atoms with Crippen molar-refractivity contribution >= 4 is 5.97 Å². The Kier molecular flexibility index (Phi) is 14.3. The number of ether oxygens (including phenoxy) is 15. The summed E-state index contributed by atoms with van der Waals surface area (Å²) < 4.78 is 100.0. The second kappa shape index (κ2) is 20.4. The van der Waals surface area contributed by atoms with Crippen LogP contribution in [0.1, 0.15) is 142 Å². The third kappa shape index (κ3) is 9.84. The van der Waals surface area contributed by atoms with Gasteiger partial charge in [-0.05, 0) is 68.4 Å². The van der Waals surface area contributed by atoms with E-state index in [4.69, 9.17) is 71.1 Å². The minimum atomic E-state index is -0.871. The number of carbonyl (C=O) groups is 1. The van der Waals surface area contributed by atoms with Crippen molar-refractivity contribution in [2.24, 2.45) is 5.92 Å². The molecule has 414 valence electrons. The number of esters is 1. The van der Waals surface area contributed by atoms with Gasteiger partial charge in [0, 0.05) is 77.7 Å². The van der Waals surface area contributed by atoms with E-state index in [1.54, 1.807) is 7.11 Å². The lowest BCUT2D eigenvalue weighted by Gasteiger charge is -2.53. The molecule has 0 aliphatic carbocycles. The zero-order valence-corrected chi connectivity index (χ0v) is 43.7. The molecule has 13 aliphatic heterocycles. The SMILES string of the molecule is C=C1COC(CC[C@]23C[C@@H](OC)C(O2)[C@H]2CC(O3)[C@H]3OC(CC(=O)OC4CC5OC6CC7(CC8O[C@@]9(CCC8O7)C[C@H](C)C7OC(CO)[C@H](O)CC7O9)O[C@@H]6C[C@@H]5OC4CC4OC(CC)CCC4=C)CCC3O2)C1. The van der Waals surface area contributed by atoms with Gasteiger partial charge in [-0.15, -0.1) is 0 Å². The summed E-state index contributed by atoms with van der Waals surface area (Å²) in [4.78, 5) is 14.3. The highest BCUT2D eigenvalue weighted by molar-refractivity contribution is 5.70. The summed E-state index contributed by atoms with van der Waals surface area (Å²) in [6, 6.07) is 0. The molecular weight excluding hydrogens is 961 g/mol. The Balaban J connectivity index is 0.658. The summed E-state index contributed by atoms with van der Waals surface area (Å²) in [5, 5.41) is 20.5. The average Bonchev–Trinajstić information content (AvgIpc) is 4.14. The number of aliphatic hydroxyl groups excluding tert-OH is 2. The fourth-order valence-electron chi connectivity index (χ4n) is 15.9. The summed E-state index contributed by atoms with van der Waals surface area (Å²) in [6.07, 6.45) is 6.82. The Bertz CT molecular complexity index is 2080. The Morgan fingerprint density at radius 1 is 0.676 bits per heavy atom. The molecule has 74 heavy (non-hydrogen) atoms. The van der Waals surface area contributed by atoms with Crippen LogP contribution in [0.2, 0.25) is 0 Å². The quantitative estimate of drug-likeness (QED) is 0.199. The van der Waals surface area contributed by atoms with Gasteiger partial charge in [-0.2, -0.15) is 0 Å². The molecule has 13 heterocycles. The first-order chi connectivity index (χ1) is 35.8. The van der Waals surface area contributed by atoms with E-state index in [9.17, 15) is 15.0 Å². The van der Waals surface area contributed by atoms with Crippen molar-refractivity contribution in [3.8, 4) is 0 Å². The lowest BCUT2D eigenvalue weighted by molar-refractivity contribution is -0.365. The van der Waals surface area contributed by atoms with Gasteiger partial charge >= 0.3 is 5.97 Å². The van der Waals surface area contributed by atoms with E-state index >= 15 is 0 Å². The van der Waals surface area contributed by atoms with E-state index in [0.717, 1.165) is 56.1 Å².